The van der Waals surface area contributed by atoms with E-state index in [4.69, 9.17) is 11.6 Å². The van der Waals surface area contributed by atoms with Gasteiger partial charge in [0, 0.05) is 24.0 Å². The molecule has 2 rings (SSSR count). The highest BCUT2D eigenvalue weighted by atomic mass is 35.5. The van der Waals surface area contributed by atoms with Crippen LogP contribution in [0.25, 0.3) is 0 Å². The Morgan fingerprint density at radius 3 is 2.24 bits per heavy atom. The van der Waals surface area contributed by atoms with Crippen LogP contribution in [-0.4, -0.2) is 48.3 Å². The van der Waals surface area contributed by atoms with E-state index >= 15 is 0 Å². The zero-order valence-corrected chi connectivity index (χ0v) is 12.2. The number of alkyl halides is 1. The standard InChI is InChI=1S/C12H22ClNO2S/c1-9(2)17(15,16)6-5-14-11-3-4-12(14)8-10(13)7-11/h9-12H,3-8H2,1-2H3. The van der Waals surface area contributed by atoms with E-state index in [0.717, 1.165) is 12.8 Å². The summed E-state index contributed by atoms with van der Waals surface area (Å²) in [7, 11) is -2.90. The zero-order chi connectivity index (χ0) is 12.6. The molecule has 2 bridgehead atoms. The van der Waals surface area contributed by atoms with Crippen molar-refractivity contribution in [1.29, 1.82) is 0 Å². The van der Waals surface area contributed by atoms with Crippen LogP contribution in [0.2, 0.25) is 0 Å². The Hall–Kier alpha value is 0.200. The molecule has 0 aromatic heterocycles. The lowest BCUT2D eigenvalue weighted by atomic mass is 10.0. The van der Waals surface area contributed by atoms with Gasteiger partial charge in [0.25, 0.3) is 0 Å². The van der Waals surface area contributed by atoms with Gasteiger partial charge in [0.2, 0.25) is 0 Å². The van der Waals surface area contributed by atoms with Crippen molar-refractivity contribution in [2.24, 2.45) is 0 Å². The average molecular weight is 280 g/mol. The van der Waals surface area contributed by atoms with Gasteiger partial charge in [0.1, 0.15) is 0 Å². The van der Waals surface area contributed by atoms with Crippen LogP contribution in [0.4, 0.5) is 0 Å². The third-order valence-corrected chi connectivity index (χ3v) is 6.72. The molecule has 2 fully saturated rings. The van der Waals surface area contributed by atoms with Gasteiger partial charge in [0.05, 0.1) is 11.0 Å². The van der Waals surface area contributed by atoms with Crippen molar-refractivity contribution in [3.05, 3.63) is 0 Å². The van der Waals surface area contributed by atoms with E-state index < -0.39 is 9.84 Å². The van der Waals surface area contributed by atoms with Gasteiger partial charge in [-0.3, -0.25) is 4.90 Å². The van der Waals surface area contributed by atoms with Gasteiger partial charge in [-0.25, -0.2) is 8.42 Å². The fourth-order valence-electron chi connectivity index (χ4n) is 3.04. The van der Waals surface area contributed by atoms with Crippen molar-refractivity contribution in [1.82, 2.24) is 4.90 Å². The van der Waals surface area contributed by atoms with E-state index in [1.807, 2.05) is 0 Å². The third-order valence-electron chi connectivity index (χ3n) is 4.18. The second-order valence-corrected chi connectivity index (χ2v) is 8.90. The van der Waals surface area contributed by atoms with Crippen LogP contribution in [0.1, 0.15) is 39.5 Å². The molecular weight excluding hydrogens is 258 g/mol. The lowest BCUT2D eigenvalue weighted by Gasteiger charge is -2.36. The Morgan fingerprint density at radius 2 is 1.76 bits per heavy atom. The molecule has 100 valence electrons. The molecule has 2 unspecified atom stereocenters. The molecule has 0 saturated carbocycles. The Morgan fingerprint density at radius 1 is 1.24 bits per heavy atom. The number of sulfone groups is 1. The highest BCUT2D eigenvalue weighted by Gasteiger charge is 2.40. The van der Waals surface area contributed by atoms with Crippen LogP contribution >= 0.6 is 11.6 Å². The van der Waals surface area contributed by atoms with Crippen molar-refractivity contribution >= 4 is 21.4 Å². The van der Waals surface area contributed by atoms with E-state index in [2.05, 4.69) is 4.90 Å². The molecule has 17 heavy (non-hydrogen) atoms. The zero-order valence-electron chi connectivity index (χ0n) is 10.6. The number of fused-ring (bicyclic) bond motifs is 2. The first-order chi connectivity index (χ1) is 7.90. The minimum absolute atomic E-state index is 0.259. The molecule has 5 heteroatoms. The lowest BCUT2D eigenvalue weighted by molar-refractivity contribution is 0.152. The predicted octanol–water partition coefficient (Wildman–Crippen LogP) is 2.04. The Labute approximate surface area is 109 Å². The summed E-state index contributed by atoms with van der Waals surface area (Å²) in [5, 5.41) is 0.0381. The van der Waals surface area contributed by atoms with Gasteiger partial charge in [-0.1, -0.05) is 0 Å². The number of halogens is 1. The number of piperidine rings is 1. The SMILES string of the molecule is CC(C)S(=O)(=O)CCN1C2CCC1CC(Cl)C2. The Kier molecular flexibility index (Phi) is 4.06. The van der Waals surface area contributed by atoms with Crippen molar-refractivity contribution in [2.75, 3.05) is 12.3 Å². The topological polar surface area (TPSA) is 37.4 Å². The summed E-state index contributed by atoms with van der Waals surface area (Å²) in [4.78, 5) is 2.39. The van der Waals surface area contributed by atoms with Gasteiger partial charge in [-0.05, 0) is 39.5 Å². The molecule has 0 aromatic rings. The van der Waals surface area contributed by atoms with Gasteiger partial charge in [-0.15, -0.1) is 11.6 Å². The van der Waals surface area contributed by atoms with Gasteiger partial charge >= 0.3 is 0 Å². The van der Waals surface area contributed by atoms with Crippen LogP contribution < -0.4 is 0 Å². The van der Waals surface area contributed by atoms with E-state index in [0.29, 0.717) is 29.8 Å². The van der Waals surface area contributed by atoms with Gasteiger partial charge in [0.15, 0.2) is 9.84 Å². The maximum absolute atomic E-state index is 11.8. The summed E-state index contributed by atoms with van der Waals surface area (Å²) in [6, 6.07) is 1.05. The molecule has 2 atom stereocenters. The van der Waals surface area contributed by atoms with E-state index in [1.165, 1.54) is 12.8 Å². The molecule has 0 aliphatic carbocycles. The molecule has 0 radical (unpaired) electrons. The fraction of sp³-hybridized carbons (Fsp3) is 1.00. The number of hydrogen-bond donors (Lipinski definition) is 0. The van der Waals surface area contributed by atoms with Crippen LogP contribution in [-0.2, 0) is 9.84 Å². The summed E-state index contributed by atoms with van der Waals surface area (Å²) in [6.45, 7) is 4.21. The van der Waals surface area contributed by atoms with Crippen LogP contribution in [0, 0.1) is 0 Å². The largest absolute Gasteiger partial charge is 0.296 e. The van der Waals surface area contributed by atoms with E-state index in [1.54, 1.807) is 13.8 Å². The molecule has 3 nitrogen and oxygen atoms in total. The Balaban J connectivity index is 1.93. The summed E-state index contributed by atoms with van der Waals surface area (Å²) < 4.78 is 23.6. The number of hydrogen-bond acceptors (Lipinski definition) is 3. The normalized spacial score (nSPS) is 34.5. The maximum atomic E-state index is 11.8. The van der Waals surface area contributed by atoms with Crippen molar-refractivity contribution in [3.63, 3.8) is 0 Å². The number of rotatable bonds is 4. The average Bonchev–Trinajstić information content (AvgIpc) is 2.47. The predicted molar refractivity (Wildman–Crippen MR) is 71.3 cm³/mol. The molecule has 0 amide bonds. The molecule has 0 aromatic carbocycles. The molecular formula is C12H22ClNO2S. The van der Waals surface area contributed by atoms with Crippen LogP contribution in [0.3, 0.4) is 0 Å². The minimum atomic E-state index is -2.90. The van der Waals surface area contributed by atoms with Crippen LogP contribution in [0.5, 0.6) is 0 Å². The second-order valence-electron chi connectivity index (χ2n) is 5.61. The molecule has 2 saturated heterocycles. The van der Waals surface area contributed by atoms with Crippen molar-refractivity contribution in [3.8, 4) is 0 Å². The molecule has 0 N–H and O–H groups in total. The fourth-order valence-corrected chi connectivity index (χ4v) is 4.39. The van der Waals surface area contributed by atoms with Crippen molar-refractivity contribution in [2.45, 2.75) is 62.2 Å². The highest BCUT2D eigenvalue weighted by Crippen LogP contribution is 2.37. The van der Waals surface area contributed by atoms with Gasteiger partial charge in [-0.2, -0.15) is 0 Å². The highest BCUT2D eigenvalue weighted by molar-refractivity contribution is 7.92. The maximum Gasteiger partial charge on any atom is 0.153 e. The summed E-state index contributed by atoms with van der Waals surface area (Å²) in [5.41, 5.74) is 0. The lowest BCUT2D eigenvalue weighted by Crippen LogP contribution is -2.45. The van der Waals surface area contributed by atoms with Crippen LogP contribution in [0.15, 0.2) is 0 Å². The summed E-state index contributed by atoms with van der Waals surface area (Å²) in [6.07, 6.45) is 4.44. The monoisotopic (exact) mass is 279 g/mol. The minimum Gasteiger partial charge on any atom is -0.296 e. The van der Waals surface area contributed by atoms with Gasteiger partial charge < -0.3 is 0 Å². The smallest absolute Gasteiger partial charge is 0.153 e. The number of nitrogens with zero attached hydrogens (tertiary/aromatic N) is 1. The summed E-state index contributed by atoms with van der Waals surface area (Å²) >= 11 is 6.21. The van der Waals surface area contributed by atoms with E-state index in [9.17, 15) is 8.42 Å². The molecule has 2 aliphatic rings. The molecule has 2 aliphatic heterocycles. The first-order valence-corrected chi connectivity index (χ1v) is 8.66. The van der Waals surface area contributed by atoms with Crippen molar-refractivity contribution < 1.29 is 8.42 Å². The first kappa shape index (κ1) is 13.6. The van der Waals surface area contributed by atoms with E-state index in [-0.39, 0.29) is 5.25 Å². The summed E-state index contributed by atoms with van der Waals surface area (Å²) in [5.74, 6) is 0.296. The quantitative estimate of drug-likeness (QED) is 0.739. The molecule has 0 spiro atoms. The second kappa shape index (κ2) is 5.06. The third kappa shape index (κ3) is 2.96. The first-order valence-electron chi connectivity index (χ1n) is 6.51. The molecule has 2 heterocycles. The Bertz CT molecular complexity index is 355.